The third-order valence-corrected chi connectivity index (χ3v) is 3.74. The van der Waals surface area contributed by atoms with E-state index in [0.29, 0.717) is 6.54 Å². The fourth-order valence-corrected chi connectivity index (χ4v) is 2.48. The molecule has 0 saturated carbocycles. The lowest BCUT2D eigenvalue weighted by Gasteiger charge is -2.35. The SMILES string of the molecule is CCC1(C(=O)NCc2cc(C)on2)CCCNC1. The molecule has 2 heterocycles. The van der Waals surface area contributed by atoms with Gasteiger partial charge in [0, 0.05) is 12.6 Å². The summed E-state index contributed by atoms with van der Waals surface area (Å²) in [6.45, 7) is 6.15. The van der Waals surface area contributed by atoms with Gasteiger partial charge >= 0.3 is 0 Å². The molecule has 0 aromatic carbocycles. The summed E-state index contributed by atoms with van der Waals surface area (Å²) in [4.78, 5) is 12.3. The molecule has 18 heavy (non-hydrogen) atoms. The van der Waals surface area contributed by atoms with Gasteiger partial charge in [-0.25, -0.2) is 0 Å². The van der Waals surface area contributed by atoms with Gasteiger partial charge in [0.05, 0.1) is 12.0 Å². The Hall–Kier alpha value is -1.36. The number of hydrogen-bond acceptors (Lipinski definition) is 4. The minimum absolute atomic E-state index is 0.123. The minimum Gasteiger partial charge on any atom is -0.361 e. The van der Waals surface area contributed by atoms with Gasteiger partial charge in [-0.3, -0.25) is 4.79 Å². The summed E-state index contributed by atoms with van der Waals surface area (Å²) in [6, 6.07) is 1.85. The van der Waals surface area contributed by atoms with E-state index in [0.717, 1.165) is 43.8 Å². The van der Waals surface area contributed by atoms with E-state index in [1.54, 1.807) is 0 Å². The van der Waals surface area contributed by atoms with Gasteiger partial charge in [-0.1, -0.05) is 12.1 Å². The Morgan fingerprint density at radius 3 is 3.06 bits per heavy atom. The van der Waals surface area contributed by atoms with E-state index in [4.69, 9.17) is 4.52 Å². The van der Waals surface area contributed by atoms with Crippen molar-refractivity contribution in [2.24, 2.45) is 5.41 Å². The smallest absolute Gasteiger partial charge is 0.227 e. The number of hydrogen-bond donors (Lipinski definition) is 2. The number of carbonyl (C=O) groups excluding carboxylic acids is 1. The number of amides is 1. The molecule has 100 valence electrons. The van der Waals surface area contributed by atoms with Crippen LogP contribution < -0.4 is 10.6 Å². The first-order valence-corrected chi connectivity index (χ1v) is 6.57. The summed E-state index contributed by atoms with van der Waals surface area (Å²) in [6.07, 6.45) is 2.88. The van der Waals surface area contributed by atoms with Crippen molar-refractivity contribution in [3.05, 3.63) is 17.5 Å². The number of aromatic nitrogens is 1. The highest BCUT2D eigenvalue weighted by Crippen LogP contribution is 2.30. The van der Waals surface area contributed by atoms with Crippen LogP contribution in [0.1, 0.15) is 37.6 Å². The summed E-state index contributed by atoms with van der Waals surface area (Å²) in [5.41, 5.74) is 0.521. The van der Waals surface area contributed by atoms with Crippen LogP contribution in [0.5, 0.6) is 0 Å². The maximum atomic E-state index is 12.3. The molecule has 2 N–H and O–H groups in total. The van der Waals surface area contributed by atoms with Crippen molar-refractivity contribution < 1.29 is 9.32 Å². The van der Waals surface area contributed by atoms with Crippen molar-refractivity contribution in [1.29, 1.82) is 0 Å². The second-order valence-electron chi connectivity index (χ2n) is 5.03. The molecule has 0 bridgehead atoms. The second kappa shape index (κ2) is 5.52. The molecule has 1 amide bonds. The molecular weight excluding hydrogens is 230 g/mol. The molecular formula is C13H21N3O2. The Kier molecular flexibility index (Phi) is 4.01. The number of piperidine rings is 1. The predicted octanol–water partition coefficient (Wildman–Crippen LogP) is 1.38. The zero-order valence-electron chi connectivity index (χ0n) is 11.1. The van der Waals surface area contributed by atoms with Crippen molar-refractivity contribution in [3.63, 3.8) is 0 Å². The maximum Gasteiger partial charge on any atom is 0.227 e. The molecule has 5 heteroatoms. The van der Waals surface area contributed by atoms with Gasteiger partial charge in [-0.2, -0.15) is 0 Å². The van der Waals surface area contributed by atoms with Crippen LogP contribution >= 0.6 is 0 Å². The Labute approximate surface area is 107 Å². The van der Waals surface area contributed by atoms with Crippen LogP contribution in [-0.4, -0.2) is 24.2 Å². The lowest BCUT2D eigenvalue weighted by atomic mass is 9.77. The molecule has 0 radical (unpaired) electrons. The lowest BCUT2D eigenvalue weighted by Crippen LogP contribution is -2.50. The Morgan fingerprint density at radius 1 is 1.67 bits per heavy atom. The van der Waals surface area contributed by atoms with E-state index in [1.165, 1.54) is 0 Å². The quantitative estimate of drug-likeness (QED) is 0.848. The van der Waals surface area contributed by atoms with Crippen molar-refractivity contribution in [2.75, 3.05) is 13.1 Å². The molecule has 0 spiro atoms. The van der Waals surface area contributed by atoms with Crippen LogP contribution in [0.4, 0.5) is 0 Å². The molecule has 1 fully saturated rings. The number of carbonyl (C=O) groups is 1. The first-order valence-electron chi connectivity index (χ1n) is 6.57. The van der Waals surface area contributed by atoms with Crippen molar-refractivity contribution in [3.8, 4) is 0 Å². The Morgan fingerprint density at radius 2 is 2.50 bits per heavy atom. The van der Waals surface area contributed by atoms with Gasteiger partial charge in [0.15, 0.2) is 0 Å². The molecule has 1 saturated heterocycles. The molecule has 0 aliphatic carbocycles. The molecule has 5 nitrogen and oxygen atoms in total. The molecule has 1 aliphatic rings. The largest absolute Gasteiger partial charge is 0.361 e. The highest BCUT2D eigenvalue weighted by Gasteiger charge is 2.37. The Balaban J connectivity index is 1.93. The van der Waals surface area contributed by atoms with E-state index in [-0.39, 0.29) is 11.3 Å². The molecule has 1 aromatic heterocycles. The topological polar surface area (TPSA) is 67.2 Å². The van der Waals surface area contributed by atoms with Crippen LogP contribution in [0, 0.1) is 12.3 Å². The minimum atomic E-state index is -0.253. The van der Waals surface area contributed by atoms with E-state index in [2.05, 4.69) is 22.7 Å². The molecule has 1 aromatic rings. The van der Waals surface area contributed by atoms with E-state index < -0.39 is 0 Å². The molecule has 1 atom stereocenters. The number of nitrogens with zero attached hydrogens (tertiary/aromatic N) is 1. The summed E-state index contributed by atoms with van der Waals surface area (Å²) in [7, 11) is 0. The van der Waals surface area contributed by atoms with Crippen molar-refractivity contribution >= 4 is 5.91 Å². The van der Waals surface area contributed by atoms with E-state index in [9.17, 15) is 4.79 Å². The zero-order chi connectivity index (χ0) is 13.0. The fourth-order valence-electron chi connectivity index (χ4n) is 2.48. The van der Waals surface area contributed by atoms with Crippen LogP contribution in [0.2, 0.25) is 0 Å². The average molecular weight is 251 g/mol. The first-order chi connectivity index (χ1) is 8.66. The van der Waals surface area contributed by atoms with Gasteiger partial charge in [0.1, 0.15) is 11.5 Å². The highest BCUT2D eigenvalue weighted by atomic mass is 16.5. The third kappa shape index (κ3) is 2.72. The van der Waals surface area contributed by atoms with Crippen LogP contribution in [0.15, 0.2) is 10.6 Å². The first kappa shape index (κ1) is 13.1. The summed E-state index contributed by atoms with van der Waals surface area (Å²) in [5, 5.41) is 10.2. The third-order valence-electron chi connectivity index (χ3n) is 3.74. The highest BCUT2D eigenvalue weighted by molar-refractivity contribution is 5.82. The maximum absolute atomic E-state index is 12.3. The van der Waals surface area contributed by atoms with E-state index in [1.807, 2.05) is 13.0 Å². The normalized spacial score (nSPS) is 23.9. The lowest BCUT2D eigenvalue weighted by molar-refractivity contribution is -0.132. The average Bonchev–Trinajstić information content (AvgIpc) is 2.82. The summed E-state index contributed by atoms with van der Waals surface area (Å²) in [5.74, 6) is 0.890. The van der Waals surface area contributed by atoms with Gasteiger partial charge in [0.2, 0.25) is 5.91 Å². The zero-order valence-corrected chi connectivity index (χ0v) is 11.1. The predicted molar refractivity (Wildman–Crippen MR) is 67.9 cm³/mol. The van der Waals surface area contributed by atoms with Crippen LogP contribution in [-0.2, 0) is 11.3 Å². The van der Waals surface area contributed by atoms with Crippen LogP contribution in [0.3, 0.4) is 0 Å². The van der Waals surface area contributed by atoms with Gasteiger partial charge < -0.3 is 15.2 Å². The number of aryl methyl sites for hydroxylation is 1. The van der Waals surface area contributed by atoms with Crippen molar-refractivity contribution in [2.45, 2.75) is 39.7 Å². The number of nitrogens with one attached hydrogen (secondary N) is 2. The van der Waals surface area contributed by atoms with E-state index >= 15 is 0 Å². The Bertz CT molecular complexity index is 408. The van der Waals surface area contributed by atoms with Gasteiger partial charge in [0.25, 0.3) is 0 Å². The second-order valence-corrected chi connectivity index (χ2v) is 5.03. The van der Waals surface area contributed by atoms with Gasteiger partial charge in [-0.05, 0) is 32.7 Å². The standard InChI is InChI=1S/C13H21N3O2/c1-3-13(5-4-6-14-9-13)12(17)15-8-11-7-10(2)18-16-11/h7,14H,3-6,8-9H2,1-2H3,(H,15,17). The summed E-state index contributed by atoms with van der Waals surface area (Å²) < 4.78 is 4.98. The number of rotatable bonds is 4. The van der Waals surface area contributed by atoms with Crippen LogP contribution in [0.25, 0.3) is 0 Å². The molecule has 1 aliphatic heterocycles. The monoisotopic (exact) mass is 251 g/mol. The van der Waals surface area contributed by atoms with Crippen molar-refractivity contribution in [1.82, 2.24) is 15.8 Å². The fraction of sp³-hybridized carbons (Fsp3) is 0.692. The molecule has 2 rings (SSSR count). The summed E-state index contributed by atoms with van der Waals surface area (Å²) >= 11 is 0. The van der Waals surface area contributed by atoms with Gasteiger partial charge in [-0.15, -0.1) is 0 Å². The molecule has 1 unspecified atom stereocenters.